The minimum absolute atomic E-state index is 0.00283. The highest BCUT2D eigenvalue weighted by atomic mass is 19.2. The molecular weight excluding hydrogens is 388 g/mol. The summed E-state index contributed by atoms with van der Waals surface area (Å²) in [6.45, 7) is 1.26. The number of hydrogen-bond acceptors (Lipinski definition) is 2. The molecule has 3 amide bonds. The average Bonchev–Trinajstić information content (AvgIpc) is 3.28. The summed E-state index contributed by atoms with van der Waals surface area (Å²) in [5.41, 5.74) is 1.81. The van der Waals surface area contributed by atoms with Gasteiger partial charge in [-0.1, -0.05) is 31.0 Å². The van der Waals surface area contributed by atoms with Gasteiger partial charge in [-0.3, -0.25) is 9.69 Å². The van der Waals surface area contributed by atoms with Crippen molar-refractivity contribution in [1.29, 1.82) is 0 Å². The summed E-state index contributed by atoms with van der Waals surface area (Å²) in [5.74, 6) is -1.80. The topological polar surface area (TPSA) is 52.7 Å². The molecule has 2 aromatic carbocycles. The van der Waals surface area contributed by atoms with Crippen LogP contribution in [0.2, 0.25) is 0 Å². The first-order valence-electron chi connectivity index (χ1n) is 10.4. The lowest BCUT2D eigenvalue weighted by atomic mass is 10.1. The van der Waals surface area contributed by atoms with Crippen LogP contribution in [0.1, 0.15) is 37.7 Å². The maximum atomic E-state index is 13.5. The third-order valence-electron chi connectivity index (χ3n) is 5.85. The van der Waals surface area contributed by atoms with Crippen LogP contribution in [0.3, 0.4) is 0 Å². The molecule has 1 saturated carbocycles. The average molecular weight is 413 g/mol. The van der Waals surface area contributed by atoms with Gasteiger partial charge in [-0.25, -0.2) is 13.6 Å². The Balaban J connectivity index is 1.51. The summed E-state index contributed by atoms with van der Waals surface area (Å²) in [7, 11) is 0. The van der Waals surface area contributed by atoms with Crippen molar-refractivity contribution in [3.63, 3.8) is 0 Å². The largest absolute Gasteiger partial charge is 0.324 e. The van der Waals surface area contributed by atoms with Gasteiger partial charge in [-0.2, -0.15) is 0 Å². The standard InChI is InChI=1S/C23H25F2N3O2/c24-18-11-10-16(14-19(18)25)15-27-12-5-13-28(23(27)30)21-9-4-3-8-20(21)26-22(29)17-6-1-2-7-17/h3-4,8-11,14,17H,1-2,5-7,12-13,15H2,(H,26,29). The van der Waals surface area contributed by atoms with Gasteiger partial charge < -0.3 is 10.2 Å². The molecule has 1 aliphatic carbocycles. The molecule has 0 aromatic heterocycles. The van der Waals surface area contributed by atoms with E-state index in [0.717, 1.165) is 44.2 Å². The number of urea groups is 1. The molecule has 0 radical (unpaired) electrons. The molecule has 2 aliphatic rings. The molecule has 0 atom stereocenters. The Labute approximate surface area is 174 Å². The maximum absolute atomic E-state index is 13.5. The monoisotopic (exact) mass is 413 g/mol. The number of hydrogen-bond donors (Lipinski definition) is 1. The molecule has 158 valence electrons. The summed E-state index contributed by atoms with van der Waals surface area (Å²) in [5, 5.41) is 3.01. The summed E-state index contributed by atoms with van der Waals surface area (Å²) >= 11 is 0. The zero-order valence-corrected chi connectivity index (χ0v) is 16.7. The van der Waals surface area contributed by atoms with Gasteiger partial charge in [0.05, 0.1) is 11.4 Å². The van der Waals surface area contributed by atoms with E-state index in [4.69, 9.17) is 0 Å². The first-order valence-corrected chi connectivity index (χ1v) is 10.4. The molecule has 4 rings (SSSR count). The van der Waals surface area contributed by atoms with Crippen LogP contribution in [-0.4, -0.2) is 29.9 Å². The van der Waals surface area contributed by atoms with Crippen LogP contribution in [0.4, 0.5) is 25.0 Å². The number of carbonyl (C=O) groups excluding carboxylic acids is 2. The van der Waals surface area contributed by atoms with Crippen molar-refractivity contribution in [2.75, 3.05) is 23.3 Å². The van der Waals surface area contributed by atoms with Crippen molar-refractivity contribution in [3.8, 4) is 0 Å². The third-order valence-corrected chi connectivity index (χ3v) is 5.85. The van der Waals surface area contributed by atoms with Crippen molar-refractivity contribution in [2.24, 2.45) is 5.92 Å². The highest BCUT2D eigenvalue weighted by Crippen LogP contribution is 2.31. The zero-order valence-electron chi connectivity index (χ0n) is 16.7. The molecule has 0 unspecified atom stereocenters. The van der Waals surface area contributed by atoms with Crippen molar-refractivity contribution >= 4 is 23.3 Å². The molecule has 30 heavy (non-hydrogen) atoms. The smallest absolute Gasteiger partial charge is 0.324 e. The maximum Gasteiger partial charge on any atom is 0.324 e. The number of halogens is 2. The second-order valence-corrected chi connectivity index (χ2v) is 7.95. The zero-order chi connectivity index (χ0) is 21.1. The van der Waals surface area contributed by atoms with Gasteiger partial charge in [-0.05, 0) is 49.1 Å². The van der Waals surface area contributed by atoms with Crippen LogP contribution in [0.5, 0.6) is 0 Å². The fourth-order valence-electron chi connectivity index (χ4n) is 4.25. The van der Waals surface area contributed by atoms with E-state index in [9.17, 15) is 18.4 Å². The molecule has 7 heteroatoms. The van der Waals surface area contributed by atoms with E-state index < -0.39 is 11.6 Å². The van der Waals surface area contributed by atoms with Gasteiger partial charge in [0.1, 0.15) is 0 Å². The Morgan fingerprint density at radius 2 is 1.77 bits per heavy atom. The number of nitrogens with one attached hydrogen (secondary N) is 1. The molecule has 1 saturated heterocycles. The predicted octanol–water partition coefficient (Wildman–Crippen LogP) is 4.93. The second-order valence-electron chi connectivity index (χ2n) is 7.95. The van der Waals surface area contributed by atoms with E-state index in [2.05, 4.69) is 5.32 Å². The molecule has 0 spiro atoms. The number of rotatable bonds is 5. The van der Waals surface area contributed by atoms with E-state index in [-0.39, 0.29) is 24.4 Å². The number of benzene rings is 2. The first kappa shape index (κ1) is 20.3. The number of anilines is 2. The van der Waals surface area contributed by atoms with Crippen LogP contribution < -0.4 is 10.2 Å². The molecule has 1 N–H and O–H groups in total. The summed E-state index contributed by atoms with van der Waals surface area (Å²) in [4.78, 5) is 29.0. The van der Waals surface area contributed by atoms with E-state index in [0.29, 0.717) is 30.0 Å². The molecule has 1 aliphatic heterocycles. The molecule has 0 bridgehead atoms. The number of nitrogens with zero attached hydrogens (tertiary/aromatic N) is 2. The van der Waals surface area contributed by atoms with E-state index in [1.165, 1.54) is 6.07 Å². The van der Waals surface area contributed by atoms with Gasteiger partial charge in [0.15, 0.2) is 11.6 Å². The van der Waals surface area contributed by atoms with Crippen molar-refractivity contribution < 1.29 is 18.4 Å². The van der Waals surface area contributed by atoms with Crippen LogP contribution in [-0.2, 0) is 11.3 Å². The van der Waals surface area contributed by atoms with E-state index in [1.54, 1.807) is 9.80 Å². The minimum atomic E-state index is -0.922. The summed E-state index contributed by atoms with van der Waals surface area (Å²) in [6, 6.07) is 10.8. The molecule has 2 fully saturated rings. The summed E-state index contributed by atoms with van der Waals surface area (Å²) in [6.07, 6.45) is 4.68. The van der Waals surface area contributed by atoms with Gasteiger partial charge in [-0.15, -0.1) is 0 Å². The van der Waals surface area contributed by atoms with Crippen molar-refractivity contribution in [1.82, 2.24) is 4.90 Å². The molecule has 2 aromatic rings. The number of para-hydroxylation sites is 2. The number of carbonyl (C=O) groups is 2. The quantitative estimate of drug-likeness (QED) is 0.756. The summed E-state index contributed by atoms with van der Waals surface area (Å²) < 4.78 is 26.7. The Bertz CT molecular complexity index is 944. The predicted molar refractivity (Wildman–Crippen MR) is 111 cm³/mol. The van der Waals surface area contributed by atoms with Crippen LogP contribution in [0, 0.1) is 17.6 Å². The van der Waals surface area contributed by atoms with Gasteiger partial charge >= 0.3 is 6.03 Å². The van der Waals surface area contributed by atoms with Crippen LogP contribution in [0.15, 0.2) is 42.5 Å². The Hall–Kier alpha value is -2.96. The Kier molecular flexibility index (Phi) is 5.97. The van der Waals surface area contributed by atoms with Gasteiger partial charge in [0.25, 0.3) is 0 Å². The molecule has 1 heterocycles. The number of amides is 3. The van der Waals surface area contributed by atoms with Crippen molar-refractivity contribution in [3.05, 3.63) is 59.7 Å². The minimum Gasteiger partial charge on any atom is -0.324 e. The van der Waals surface area contributed by atoms with Gasteiger partial charge in [0.2, 0.25) is 5.91 Å². The molecular formula is C23H25F2N3O2. The lowest BCUT2D eigenvalue weighted by molar-refractivity contribution is -0.119. The van der Waals surface area contributed by atoms with Gasteiger partial charge in [0, 0.05) is 25.6 Å². The van der Waals surface area contributed by atoms with Crippen LogP contribution in [0.25, 0.3) is 0 Å². The fraction of sp³-hybridized carbons (Fsp3) is 0.391. The fourth-order valence-corrected chi connectivity index (χ4v) is 4.25. The Morgan fingerprint density at radius 1 is 1.00 bits per heavy atom. The lowest BCUT2D eigenvalue weighted by Gasteiger charge is -2.36. The Morgan fingerprint density at radius 3 is 2.53 bits per heavy atom. The molecule has 5 nitrogen and oxygen atoms in total. The van der Waals surface area contributed by atoms with E-state index >= 15 is 0 Å². The second kappa shape index (κ2) is 8.81. The van der Waals surface area contributed by atoms with E-state index in [1.807, 2.05) is 24.3 Å². The van der Waals surface area contributed by atoms with Crippen LogP contribution >= 0.6 is 0 Å². The van der Waals surface area contributed by atoms with Crippen molar-refractivity contribution in [2.45, 2.75) is 38.6 Å². The SMILES string of the molecule is O=C(Nc1ccccc1N1CCCN(Cc2ccc(F)c(F)c2)C1=O)C1CCCC1. The highest BCUT2D eigenvalue weighted by molar-refractivity contribution is 6.01. The normalized spacial score (nSPS) is 17.5. The first-order chi connectivity index (χ1) is 14.5. The lowest BCUT2D eigenvalue weighted by Crippen LogP contribution is -2.49. The highest BCUT2D eigenvalue weighted by Gasteiger charge is 2.29. The third kappa shape index (κ3) is 4.30.